The summed E-state index contributed by atoms with van der Waals surface area (Å²) in [6.45, 7) is 10.7. The predicted molar refractivity (Wildman–Crippen MR) is 225 cm³/mol. The van der Waals surface area contributed by atoms with E-state index in [1.165, 1.54) is 36.2 Å². The molecule has 0 saturated heterocycles. The van der Waals surface area contributed by atoms with Crippen LogP contribution in [0.15, 0.2) is 106 Å². The molecule has 6 heterocycles. The number of para-hydroxylation sites is 1. The first-order valence-electron chi connectivity index (χ1n) is 18.3. The van der Waals surface area contributed by atoms with Crippen molar-refractivity contribution >= 4 is 67.7 Å². The van der Waals surface area contributed by atoms with Gasteiger partial charge in [-0.3, -0.25) is 18.7 Å². The van der Waals surface area contributed by atoms with E-state index in [2.05, 4.69) is 53.7 Å². The van der Waals surface area contributed by atoms with Crippen LogP contribution in [0.1, 0.15) is 42.2 Å². The molecule has 0 fully saturated rings. The maximum atomic E-state index is 13.6. The number of benzene rings is 3. The Balaban J connectivity index is 0.000000161. The molecule has 0 saturated carbocycles. The Labute approximate surface area is 334 Å². The Bertz CT molecular complexity index is 3040. The number of aromatic amines is 2. The van der Waals surface area contributed by atoms with Crippen molar-refractivity contribution < 1.29 is 0 Å². The molecular weight excluding hydrogens is 757 g/mol. The quantitative estimate of drug-likeness (QED) is 0.110. The van der Waals surface area contributed by atoms with E-state index in [0.717, 1.165) is 54.8 Å². The lowest BCUT2D eigenvalue weighted by Gasteiger charge is -2.16. The molecular formula is C41H38N12O2S2. The fourth-order valence-electron chi connectivity index (χ4n) is 6.71. The van der Waals surface area contributed by atoms with Gasteiger partial charge in [-0.1, -0.05) is 79.8 Å². The van der Waals surface area contributed by atoms with Crippen LogP contribution >= 0.6 is 23.5 Å². The van der Waals surface area contributed by atoms with Crippen molar-refractivity contribution in [2.24, 2.45) is 5.92 Å². The second-order valence-corrected chi connectivity index (χ2v) is 15.8. The SMILES string of the molecule is Cc1cccc2nc(CSc3ncnc4nc[nH]c34)n(CC(C)C)c(=O)c12.Cc1ccccc1-n1c(CSc2ncnc3nc[nH]c23)nc2cccc(C)c2c1=O. The minimum absolute atomic E-state index is 0.0248. The first-order valence-corrected chi connectivity index (χ1v) is 20.2. The normalized spacial score (nSPS) is 11.5. The van der Waals surface area contributed by atoms with E-state index in [4.69, 9.17) is 9.97 Å². The van der Waals surface area contributed by atoms with Gasteiger partial charge in [-0.2, -0.15) is 0 Å². The van der Waals surface area contributed by atoms with Crippen LogP contribution in [0.2, 0.25) is 0 Å². The highest BCUT2D eigenvalue weighted by atomic mass is 32.2. The van der Waals surface area contributed by atoms with E-state index >= 15 is 0 Å². The number of H-pyrrole nitrogens is 2. The van der Waals surface area contributed by atoms with Crippen LogP contribution in [-0.4, -0.2) is 59.0 Å². The minimum Gasteiger partial charge on any atom is -0.341 e. The monoisotopic (exact) mass is 794 g/mol. The molecule has 0 aliphatic heterocycles. The van der Waals surface area contributed by atoms with Crippen LogP contribution in [0.3, 0.4) is 0 Å². The zero-order valence-corrected chi connectivity index (χ0v) is 33.5. The number of nitrogens with one attached hydrogen (secondary N) is 2. The van der Waals surface area contributed by atoms with Gasteiger partial charge in [-0.05, 0) is 61.6 Å². The van der Waals surface area contributed by atoms with Gasteiger partial charge in [0, 0.05) is 6.54 Å². The minimum atomic E-state index is -0.0580. The van der Waals surface area contributed by atoms with Gasteiger partial charge < -0.3 is 9.97 Å². The molecule has 0 spiro atoms. The number of rotatable bonds is 9. The van der Waals surface area contributed by atoms with E-state index in [0.29, 0.717) is 57.4 Å². The number of fused-ring (bicyclic) bond motifs is 4. The molecule has 9 aromatic rings. The standard InChI is InChI=1S/C22H18N6OS.C19H20N6OS/c1-13-6-3-4-9-16(13)28-17(27-15-8-5-7-14(2)18(15)22(28)29)10-30-21-19-20(24-11-23-19)25-12-26-21;1-11(2)7-25-14(24-13-6-4-5-12(3)15(13)19(25)26)8-27-18-16-17(21-9-20-16)22-10-23-18/h3-9,11-12H,10H2,1-2H3,(H,23,24,25,26);4-6,9-11H,7-8H2,1-3H3,(H,20,21,22,23). The van der Waals surface area contributed by atoms with Crippen LogP contribution < -0.4 is 11.1 Å². The van der Waals surface area contributed by atoms with Gasteiger partial charge in [0.25, 0.3) is 11.1 Å². The summed E-state index contributed by atoms with van der Waals surface area (Å²) in [5.41, 5.74) is 7.97. The molecule has 16 heteroatoms. The summed E-state index contributed by atoms with van der Waals surface area (Å²) in [7, 11) is 0. The van der Waals surface area contributed by atoms with Crippen LogP contribution in [0.4, 0.5) is 0 Å². The number of aryl methyl sites for hydroxylation is 3. The van der Waals surface area contributed by atoms with Gasteiger partial charge in [0.2, 0.25) is 0 Å². The van der Waals surface area contributed by atoms with Gasteiger partial charge in [-0.25, -0.2) is 39.9 Å². The predicted octanol–water partition coefficient (Wildman–Crippen LogP) is 7.28. The highest BCUT2D eigenvalue weighted by Crippen LogP contribution is 2.28. The van der Waals surface area contributed by atoms with E-state index in [1.54, 1.807) is 21.8 Å². The summed E-state index contributed by atoms with van der Waals surface area (Å²) in [6, 6.07) is 19.4. The van der Waals surface area contributed by atoms with Gasteiger partial charge in [0.15, 0.2) is 11.3 Å². The van der Waals surface area contributed by atoms with E-state index in [9.17, 15) is 9.59 Å². The number of nitrogens with zero attached hydrogens (tertiary/aromatic N) is 10. The van der Waals surface area contributed by atoms with Gasteiger partial charge in [0.05, 0.1) is 51.7 Å². The molecule has 0 bridgehead atoms. The Morgan fingerprint density at radius 1 is 0.614 bits per heavy atom. The fourth-order valence-corrected chi connectivity index (χ4v) is 8.49. The highest BCUT2D eigenvalue weighted by Gasteiger charge is 2.18. The van der Waals surface area contributed by atoms with E-state index < -0.39 is 0 Å². The zero-order chi connectivity index (χ0) is 39.6. The fraction of sp³-hybridized carbons (Fsp3) is 0.220. The first kappa shape index (κ1) is 37.7. The summed E-state index contributed by atoms with van der Waals surface area (Å²) < 4.78 is 3.53. The number of imidazole rings is 2. The van der Waals surface area contributed by atoms with E-state index in [-0.39, 0.29) is 11.1 Å². The average Bonchev–Trinajstić information content (AvgIpc) is 3.89. The third kappa shape index (κ3) is 7.52. The topological polar surface area (TPSA) is 179 Å². The van der Waals surface area contributed by atoms with Crippen molar-refractivity contribution in [3.8, 4) is 5.69 Å². The molecule has 6 aromatic heterocycles. The van der Waals surface area contributed by atoms with Crippen molar-refractivity contribution in [1.29, 1.82) is 0 Å². The maximum absolute atomic E-state index is 13.6. The molecule has 0 aliphatic carbocycles. The maximum Gasteiger partial charge on any atom is 0.266 e. The van der Waals surface area contributed by atoms with Gasteiger partial charge in [0.1, 0.15) is 45.4 Å². The molecule has 57 heavy (non-hydrogen) atoms. The molecule has 0 amide bonds. The summed E-state index contributed by atoms with van der Waals surface area (Å²) in [6.07, 6.45) is 6.21. The molecule has 2 N–H and O–H groups in total. The molecule has 0 atom stereocenters. The van der Waals surface area contributed by atoms with Crippen molar-refractivity contribution in [2.45, 2.75) is 62.7 Å². The Kier molecular flexibility index (Phi) is 10.6. The summed E-state index contributed by atoms with van der Waals surface area (Å²) >= 11 is 3.02. The largest absolute Gasteiger partial charge is 0.341 e. The second-order valence-electron chi connectivity index (χ2n) is 13.9. The van der Waals surface area contributed by atoms with Crippen LogP contribution in [0, 0.1) is 26.7 Å². The van der Waals surface area contributed by atoms with Gasteiger partial charge >= 0.3 is 0 Å². The number of hydrogen-bond donors (Lipinski definition) is 2. The van der Waals surface area contributed by atoms with Crippen molar-refractivity contribution in [1.82, 2.24) is 59.0 Å². The third-order valence-corrected chi connectivity index (χ3v) is 11.4. The molecule has 286 valence electrons. The molecule has 0 unspecified atom stereocenters. The summed E-state index contributed by atoms with van der Waals surface area (Å²) in [5.74, 6) is 2.77. The Morgan fingerprint density at radius 3 is 1.72 bits per heavy atom. The first-order chi connectivity index (χ1) is 27.7. The molecule has 9 rings (SSSR count). The molecule has 0 radical (unpaired) electrons. The average molecular weight is 795 g/mol. The summed E-state index contributed by atoms with van der Waals surface area (Å²) in [4.78, 5) is 67.9. The zero-order valence-electron chi connectivity index (χ0n) is 31.9. The second kappa shape index (κ2) is 16.1. The molecule has 14 nitrogen and oxygen atoms in total. The van der Waals surface area contributed by atoms with E-state index in [1.807, 2.05) is 81.4 Å². The van der Waals surface area contributed by atoms with Gasteiger partial charge in [-0.15, -0.1) is 0 Å². The summed E-state index contributed by atoms with van der Waals surface area (Å²) in [5, 5.41) is 2.91. The number of hydrogen-bond acceptors (Lipinski definition) is 12. The van der Waals surface area contributed by atoms with Crippen LogP contribution in [-0.2, 0) is 18.1 Å². The molecule has 0 aliphatic rings. The molecule has 3 aromatic carbocycles. The van der Waals surface area contributed by atoms with Crippen LogP contribution in [0.25, 0.3) is 49.8 Å². The lowest BCUT2D eigenvalue weighted by molar-refractivity contribution is 0.496. The third-order valence-electron chi connectivity index (χ3n) is 9.40. The number of thioether (sulfide) groups is 2. The lowest BCUT2D eigenvalue weighted by atomic mass is 10.1. The lowest BCUT2D eigenvalue weighted by Crippen LogP contribution is -2.27. The smallest absolute Gasteiger partial charge is 0.266 e. The van der Waals surface area contributed by atoms with Crippen molar-refractivity contribution in [2.75, 3.05) is 0 Å². The Hall–Kier alpha value is -6.26. The highest BCUT2D eigenvalue weighted by molar-refractivity contribution is 7.98. The van der Waals surface area contributed by atoms with Crippen molar-refractivity contribution in [3.63, 3.8) is 0 Å². The number of aromatic nitrogens is 12. The van der Waals surface area contributed by atoms with Crippen molar-refractivity contribution in [3.05, 3.63) is 135 Å². The van der Waals surface area contributed by atoms with Crippen LogP contribution in [0.5, 0.6) is 0 Å². The Morgan fingerprint density at radius 2 is 1.14 bits per heavy atom.